The second-order valence-electron chi connectivity index (χ2n) is 5.90. The number of para-hydroxylation sites is 1. The van der Waals surface area contributed by atoms with Crippen LogP contribution in [0.5, 0.6) is 0 Å². The molecule has 0 fully saturated rings. The summed E-state index contributed by atoms with van der Waals surface area (Å²) in [6, 6.07) is 16.8. The maximum Gasteiger partial charge on any atom is 0.160 e. The lowest BCUT2D eigenvalue weighted by Gasteiger charge is -2.19. The van der Waals surface area contributed by atoms with Gasteiger partial charge in [0.2, 0.25) is 0 Å². The first-order chi connectivity index (χ1) is 11.8. The first-order valence-corrected chi connectivity index (χ1v) is 8.54. The number of hydrogen-bond donors (Lipinski definition) is 2. The van der Waals surface area contributed by atoms with Crippen LogP contribution in [-0.2, 0) is 0 Å². The molecule has 2 N–H and O–H groups in total. The summed E-state index contributed by atoms with van der Waals surface area (Å²) in [7, 11) is 0. The second-order valence-corrected chi connectivity index (χ2v) is 6.82. The van der Waals surface area contributed by atoms with E-state index < -0.39 is 0 Å². The van der Waals surface area contributed by atoms with E-state index in [0.717, 1.165) is 32.3 Å². The summed E-state index contributed by atoms with van der Waals surface area (Å²) in [5.41, 5.74) is 6.57. The quantitative estimate of drug-likeness (QED) is 0.496. The molecular weight excluding hydrogens is 364 g/mol. The van der Waals surface area contributed by atoms with Gasteiger partial charge in [-0.15, -0.1) is 5.10 Å². The third-order valence-electron chi connectivity index (χ3n) is 4.51. The molecule has 0 saturated heterocycles. The highest BCUT2D eigenvalue weighted by molar-refractivity contribution is 9.10. The summed E-state index contributed by atoms with van der Waals surface area (Å²) < 4.78 is 1.07. The zero-order chi connectivity index (χ0) is 16.1. The molecule has 0 radical (unpaired) electrons. The van der Waals surface area contributed by atoms with Gasteiger partial charge >= 0.3 is 0 Å². The normalized spacial score (nSPS) is 15.6. The van der Waals surface area contributed by atoms with Crippen LogP contribution in [0.25, 0.3) is 22.2 Å². The number of benzene rings is 2. The number of anilines is 1. The maximum absolute atomic E-state index is 4.26. The van der Waals surface area contributed by atoms with Gasteiger partial charge in [0.1, 0.15) is 0 Å². The van der Waals surface area contributed by atoms with Gasteiger partial charge in [-0.25, -0.2) is 0 Å². The van der Waals surface area contributed by atoms with Crippen molar-refractivity contribution in [3.63, 3.8) is 0 Å². The number of aromatic amines is 1. The lowest BCUT2D eigenvalue weighted by atomic mass is 9.98. The fourth-order valence-corrected chi connectivity index (χ4v) is 3.87. The monoisotopic (exact) mass is 376 g/mol. The van der Waals surface area contributed by atoms with Crippen molar-refractivity contribution in [3.8, 4) is 11.1 Å². The summed E-state index contributed by atoms with van der Waals surface area (Å²) in [5, 5.41) is 13.3. The van der Waals surface area contributed by atoms with Crippen LogP contribution >= 0.6 is 15.9 Å². The van der Waals surface area contributed by atoms with Crippen molar-refractivity contribution in [1.29, 1.82) is 0 Å². The number of nitrogens with one attached hydrogen (secondary N) is 2. The van der Waals surface area contributed by atoms with Gasteiger partial charge in [-0.1, -0.05) is 46.3 Å². The van der Waals surface area contributed by atoms with Crippen molar-refractivity contribution in [2.24, 2.45) is 0 Å². The topological polar surface area (TPSA) is 53.6 Å². The van der Waals surface area contributed by atoms with Crippen molar-refractivity contribution >= 4 is 32.7 Å². The fourth-order valence-electron chi connectivity index (χ4n) is 3.46. The molecule has 1 unspecified atom stereocenters. The predicted octanol–water partition coefficient (Wildman–Crippen LogP) is 4.90. The van der Waals surface area contributed by atoms with E-state index in [-0.39, 0.29) is 6.04 Å². The summed E-state index contributed by atoms with van der Waals surface area (Å²) in [6.07, 6.45) is 3.89. The minimum atomic E-state index is 0.0443. The third-order valence-corrected chi connectivity index (χ3v) is 5.01. The number of hydrogen-bond acceptors (Lipinski definition) is 3. The number of rotatable bonds is 1. The molecule has 2 aromatic carbocycles. The Morgan fingerprint density at radius 2 is 1.92 bits per heavy atom. The number of halogens is 1. The molecule has 3 heterocycles. The molecule has 5 rings (SSSR count). The molecule has 1 aliphatic rings. The Balaban J connectivity index is 1.85. The van der Waals surface area contributed by atoms with Gasteiger partial charge in [0.25, 0.3) is 0 Å². The Hall–Kier alpha value is -2.66. The van der Waals surface area contributed by atoms with Gasteiger partial charge in [-0.05, 0) is 23.8 Å². The number of aromatic nitrogens is 3. The van der Waals surface area contributed by atoms with Gasteiger partial charge < -0.3 is 10.3 Å². The van der Waals surface area contributed by atoms with E-state index in [1.165, 1.54) is 11.1 Å². The van der Waals surface area contributed by atoms with Crippen molar-refractivity contribution in [3.05, 3.63) is 76.5 Å². The molecule has 4 nitrogen and oxygen atoms in total. The average molecular weight is 377 g/mol. The number of H-pyrrole nitrogens is 1. The van der Waals surface area contributed by atoms with E-state index in [1.807, 2.05) is 18.5 Å². The molecular formula is C19H13BrN4. The molecule has 5 heteroatoms. The van der Waals surface area contributed by atoms with Gasteiger partial charge in [0.15, 0.2) is 5.65 Å². The zero-order valence-electron chi connectivity index (χ0n) is 12.6. The molecule has 4 aromatic rings. The van der Waals surface area contributed by atoms with Crippen LogP contribution in [-0.4, -0.2) is 15.2 Å². The second kappa shape index (κ2) is 5.18. The van der Waals surface area contributed by atoms with Crippen LogP contribution in [0.4, 0.5) is 5.69 Å². The van der Waals surface area contributed by atoms with Crippen LogP contribution in [0.15, 0.2) is 65.4 Å². The summed E-state index contributed by atoms with van der Waals surface area (Å²) >= 11 is 3.58. The molecule has 2 aromatic heterocycles. The number of fused-ring (bicyclic) bond motifs is 2. The van der Waals surface area contributed by atoms with Gasteiger partial charge in [0, 0.05) is 38.4 Å². The van der Waals surface area contributed by atoms with E-state index in [9.17, 15) is 0 Å². The summed E-state index contributed by atoms with van der Waals surface area (Å²) in [6.45, 7) is 0. The Kier molecular flexibility index (Phi) is 2.97. The molecule has 0 saturated carbocycles. The van der Waals surface area contributed by atoms with Crippen LogP contribution in [0.1, 0.15) is 17.2 Å². The SMILES string of the molecule is Brc1cccc(C2Nc3ccccc3-c3cnnc4[nH]cc2c34)c1. The molecule has 0 spiro atoms. The molecule has 24 heavy (non-hydrogen) atoms. The molecule has 1 aliphatic heterocycles. The summed E-state index contributed by atoms with van der Waals surface area (Å²) in [4.78, 5) is 3.27. The first-order valence-electron chi connectivity index (χ1n) is 7.75. The Bertz CT molecular complexity index is 1070. The first kappa shape index (κ1) is 13.7. The molecule has 116 valence electrons. The van der Waals surface area contributed by atoms with Crippen molar-refractivity contribution in [2.45, 2.75) is 6.04 Å². The van der Waals surface area contributed by atoms with Crippen molar-refractivity contribution < 1.29 is 0 Å². The lowest BCUT2D eigenvalue weighted by Crippen LogP contribution is -2.11. The van der Waals surface area contributed by atoms with Crippen molar-refractivity contribution in [2.75, 3.05) is 5.32 Å². The molecule has 0 amide bonds. The van der Waals surface area contributed by atoms with Crippen molar-refractivity contribution in [1.82, 2.24) is 15.2 Å². The largest absolute Gasteiger partial charge is 0.374 e. The zero-order valence-corrected chi connectivity index (χ0v) is 14.2. The van der Waals surface area contributed by atoms with E-state index in [0.29, 0.717) is 0 Å². The highest BCUT2D eigenvalue weighted by Crippen LogP contribution is 2.43. The smallest absolute Gasteiger partial charge is 0.160 e. The third kappa shape index (κ3) is 1.98. The minimum Gasteiger partial charge on any atom is -0.374 e. The lowest BCUT2D eigenvalue weighted by molar-refractivity contribution is 0.952. The summed E-state index contributed by atoms with van der Waals surface area (Å²) in [5.74, 6) is 0. The molecule has 0 aliphatic carbocycles. The van der Waals surface area contributed by atoms with Gasteiger partial charge in [-0.3, -0.25) is 0 Å². The highest BCUT2D eigenvalue weighted by Gasteiger charge is 2.26. The fraction of sp³-hybridized carbons (Fsp3) is 0.0526. The van der Waals surface area contributed by atoms with E-state index in [2.05, 4.69) is 78.9 Å². The van der Waals surface area contributed by atoms with Crippen LogP contribution in [0, 0.1) is 0 Å². The Morgan fingerprint density at radius 1 is 1.00 bits per heavy atom. The minimum absolute atomic E-state index is 0.0443. The maximum atomic E-state index is 4.26. The highest BCUT2D eigenvalue weighted by atomic mass is 79.9. The molecule has 0 bridgehead atoms. The van der Waals surface area contributed by atoms with Gasteiger partial charge in [0.05, 0.1) is 12.2 Å². The van der Waals surface area contributed by atoms with E-state index >= 15 is 0 Å². The van der Waals surface area contributed by atoms with Crippen LogP contribution in [0.2, 0.25) is 0 Å². The Morgan fingerprint density at radius 3 is 2.83 bits per heavy atom. The number of nitrogens with zero attached hydrogens (tertiary/aromatic N) is 2. The van der Waals surface area contributed by atoms with E-state index in [4.69, 9.17) is 0 Å². The average Bonchev–Trinajstić information content (AvgIpc) is 2.97. The standard InChI is InChI=1S/C19H13BrN4/c20-12-5-3-4-11(8-12)18-15-9-21-19-17(15)14(10-22-24-19)13-6-1-2-7-16(13)23-18/h1-10,18,23H,(H,21,24). The Labute approximate surface area is 147 Å². The van der Waals surface area contributed by atoms with Crippen LogP contribution in [0.3, 0.4) is 0 Å². The van der Waals surface area contributed by atoms with E-state index in [1.54, 1.807) is 0 Å². The molecule has 1 atom stereocenters. The predicted molar refractivity (Wildman–Crippen MR) is 98.9 cm³/mol. The van der Waals surface area contributed by atoms with Crippen LogP contribution < -0.4 is 5.32 Å². The van der Waals surface area contributed by atoms with Gasteiger partial charge in [-0.2, -0.15) is 5.10 Å².